The number of rotatable bonds is 5. The summed E-state index contributed by atoms with van der Waals surface area (Å²) in [6.07, 6.45) is 0.317. The Morgan fingerprint density at radius 1 is 1.17 bits per heavy atom. The van der Waals surface area contributed by atoms with Gasteiger partial charge < -0.3 is 15.7 Å². The van der Waals surface area contributed by atoms with Gasteiger partial charge in [-0.3, -0.25) is 9.59 Å². The van der Waals surface area contributed by atoms with E-state index < -0.39 is 5.97 Å². The standard InChI is InChI=1S/C17H18N2O4S/c1-4-13(20)19-16-14(9(2)10(3)24-16)15(21)18-12-7-5-6-11(8-12)17(22)23/h5-8H,4H2,1-3H3,(H,18,21)(H,19,20)(H,22,23). The molecule has 1 heterocycles. The number of carbonyl (C=O) groups is 3. The quantitative estimate of drug-likeness (QED) is 0.770. The fourth-order valence-corrected chi connectivity index (χ4v) is 3.20. The van der Waals surface area contributed by atoms with Gasteiger partial charge in [-0.15, -0.1) is 11.3 Å². The Hall–Kier alpha value is -2.67. The molecule has 2 rings (SSSR count). The Morgan fingerprint density at radius 3 is 2.50 bits per heavy atom. The average molecular weight is 346 g/mol. The number of hydrogen-bond acceptors (Lipinski definition) is 4. The molecule has 1 aromatic carbocycles. The van der Waals surface area contributed by atoms with Gasteiger partial charge in [0.25, 0.3) is 5.91 Å². The first-order chi connectivity index (χ1) is 11.3. The maximum atomic E-state index is 12.6. The monoisotopic (exact) mass is 346 g/mol. The highest BCUT2D eigenvalue weighted by Gasteiger charge is 2.21. The summed E-state index contributed by atoms with van der Waals surface area (Å²) in [6.45, 7) is 5.43. The highest BCUT2D eigenvalue weighted by molar-refractivity contribution is 7.16. The van der Waals surface area contributed by atoms with Crippen LogP contribution in [0.15, 0.2) is 24.3 Å². The predicted molar refractivity (Wildman–Crippen MR) is 94.1 cm³/mol. The van der Waals surface area contributed by atoms with Gasteiger partial charge in [-0.05, 0) is 37.6 Å². The van der Waals surface area contributed by atoms with Gasteiger partial charge >= 0.3 is 5.97 Å². The van der Waals surface area contributed by atoms with E-state index in [1.165, 1.54) is 23.5 Å². The van der Waals surface area contributed by atoms with Crippen LogP contribution < -0.4 is 10.6 Å². The first-order valence-electron chi connectivity index (χ1n) is 7.38. The SMILES string of the molecule is CCC(=O)Nc1sc(C)c(C)c1C(=O)Nc1cccc(C(=O)O)c1. The number of anilines is 2. The molecule has 0 atom stereocenters. The number of aryl methyl sites for hydroxylation is 1. The number of aromatic carboxylic acids is 1. The number of carboxylic acids is 1. The summed E-state index contributed by atoms with van der Waals surface area (Å²) < 4.78 is 0. The fourth-order valence-electron chi connectivity index (χ4n) is 2.13. The molecule has 0 saturated heterocycles. The van der Waals surface area contributed by atoms with Gasteiger partial charge in [0.2, 0.25) is 5.91 Å². The van der Waals surface area contributed by atoms with Gasteiger partial charge in [0, 0.05) is 17.0 Å². The Bertz CT molecular complexity index is 811. The van der Waals surface area contributed by atoms with E-state index in [2.05, 4.69) is 10.6 Å². The van der Waals surface area contributed by atoms with Crippen molar-refractivity contribution < 1.29 is 19.5 Å². The summed E-state index contributed by atoms with van der Waals surface area (Å²) in [7, 11) is 0. The van der Waals surface area contributed by atoms with Gasteiger partial charge in [0.15, 0.2) is 0 Å². The zero-order valence-corrected chi connectivity index (χ0v) is 14.4. The Morgan fingerprint density at radius 2 is 1.88 bits per heavy atom. The number of carboxylic acid groups (broad SMARTS) is 1. The van der Waals surface area contributed by atoms with Crippen LogP contribution in [0.5, 0.6) is 0 Å². The number of hydrogen-bond donors (Lipinski definition) is 3. The third-order valence-corrected chi connectivity index (χ3v) is 4.68. The van der Waals surface area contributed by atoms with E-state index in [1.54, 1.807) is 19.1 Å². The summed E-state index contributed by atoms with van der Waals surface area (Å²) in [5, 5.41) is 15.0. The molecule has 0 spiro atoms. The van der Waals surface area contributed by atoms with Crippen LogP contribution in [0.1, 0.15) is 44.5 Å². The van der Waals surface area contributed by atoms with Crippen LogP contribution in [0.3, 0.4) is 0 Å². The van der Waals surface area contributed by atoms with Gasteiger partial charge in [0.1, 0.15) is 5.00 Å². The normalized spacial score (nSPS) is 10.3. The smallest absolute Gasteiger partial charge is 0.335 e. The maximum absolute atomic E-state index is 12.6. The molecule has 0 fully saturated rings. The first kappa shape index (κ1) is 17.7. The second kappa shape index (κ2) is 7.27. The molecule has 2 aromatic rings. The van der Waals surface area contributed by atoms with Crippen LogP contribution >= 0.6 is 11.3 Å². The minimum Gasteiger partial charge on any atom is -0.478 e. The number of thiophene rings is 1. The molecule has 126 valence electrons. The molecule has 6 nitrogen and oxygen atoms in total. The van der Waals surface area contributed by atoms with E-state index in [1.807, 2.05) is 13.8 Å². The molecule has 0 aliphatic heterocycles. The highest BCUT2D eigenvalue weighted by Crippen LogP contribution is 2.33. The van der Waals surface area contributed by atoms with E-state index >= 15 is 0 Å². The maximum Gasteiger partial charge on any atom is 0.335 e. The average Bonchev–Trinajstić information content (AvgIpc) is 2.81. The predicted octanol–water partition coefficient (Wildman–Crippen LogP) is 3.66. The number of amides is 2. The molecular formula is C17H18N2O4S. The zero-order valence-electron chi connectivity index (χ0n) is 13.6. The highest BCUT2D eigenvalue weighted by atomic mass is 32.1. The van der Waals surface area contributed by atoms with Crippen molar-refractivity contribution >= 4 is 39.8 Å². The third kappa shape index (κ3) is 3.80. The molecule has 0 bridgehead atoms. The van der Waals surface area contributed by atoms with Crippen molar-refractivity contribution in [3.63, 3.8) is 0 Å². The Kier molecular flexibility index (Phi) is 5.35. The van der Waals surface area contributed by atoms with Crippen molar-refractivity contribution in [1.29, 1.82) is 0 Å². The van der Waals surface area contributed by atoms with Gasteiger partial charge in [-0.25, -0.2) is 4.79 Å². The Labute approximate surface area is 143 Å². The molecule has 3 N–H and O–H groups in total. The molecule has 24 heavy (non-hydrogen) atoms. The molecule has 0 radical (unpaired) electrons. The molecule has 0 aliphatic rings. The number of nitrogens with one attached hydrogen (secondary N) is 2. The summed E-state index contributed by atoms with van der Waals surface area (Å²) in [5.41, 5.74) is 1.67. The van der Waals surface area contributed by atoms with Crippen molar-refractivity contribution in [3.05, 3.63) is 45.8 Å². The van der Waals surface area contributed by atoms with Gasteiger partial charge in [0.05, 0.1) is 11.1 Å². The van der Waals surface area contributed by atoms with Crippen molar-refractivity contribution in [2.24, 2.45) is 0 Å². The number of benzene rings is 1. The van der Waals surface area contributed by atoms with E-state index in [9.17, 15) is 14.4 Å². The lowest BCUT2D eigenvalue weighted by molar-refractivity contribution is -0.115. The van der Waals surface area contributed by atoms with E-state index in [0.717, 1.165) is 10.4 Å². The Balaban J connectivity index is 2.31. The van der Waals surface area contributed by atoms with E-state index in [4.69, 9.17) is 5.11 Å². The second-order valence-corrected chi connectivity index (χ2v) is 6.45. The zero-order chi connectivity index (χ0) is 17.9. The lowest BCUT2D eigenvalue weighted by atomic mass is 10.1. The van der Waals surface area contributed by atoms with Crippen LogP contribution in [-0.4, -0.2) is 22.9 Å². The summed E-state index contributed by atoms with van der Waals surface area (Å²) in [5.74, 6) is -1.62. The first-order valence-corrected chi connectivity index (χ1v) is 8.19. The topological polar surface area (TPSA) is 95.5 Å². The van der Waals surface area contributed by atoms with Crippen LogP contribution in [0, 0.1) is 13.8 Å². The second-order valence-electron chi connectivity index (χ2n) is 5.23. The fraction of sp³-hybridized carbons (Fsp3) is 0.235. The molecule has 2 amide bonds. The molecule has 0 aliphatic carbocycles. The van der Waals surface area contributed by atoms with Gasteiger partial charge in [-0.2, -0.15) is 0 Å². The largest absolute Gasteiger partial charge is 0.478 e. The minimum absolute atomic E-state index is 0.0885. The summed E-state index contributed by atoms with van der Waals surface area (Å²) in [4.78, 5) is 36.2. The molecule has 0 unspecified atom stereocenters. The van der Waals surface area contributed by atoms with Crippen molar-refractivity contribution in [1.82, 2.24) is 0 Å². The molecule has 1 aromatic heterocycles. The molecular weight excluding hydrogens is 328 g/mol. The molecule has 0 saturated carbocycles. The van der Waals surface area contributed by atoms with E-state index in [-0.39, 0.29) is 17.4 Å². The lowest BCUT2D eigenvalue weighted by Gasteiger charge is -2.09. The van der Waals surface area contributed by atoms with Gasteiger partial charge in [-0.1, -0.05) is 13.0 Å². The van der Waals surface area contributed by atoms with Crippen molar-refractivity contribution in [2.75, 3.05) is 10.6 Å². The third-order valence-electron chi connectivity index (χ3n) is 3.55. The summed E-state index contributed by atoms with van der Waals surface area (Å²) in [6, 6.07) is 6.01. The lowest BCUT2D eigenvalue weighted by Crippen LogP contribution is -2.17. The minimum atomic E-state index is -1.07. The van der Waals surface area contributed by atoms with Crippen LogP contribution in [0.2, 0.25) is 0 Å². The van der Waals surface area contributed by atoms with Crippen LogP contribution in [-0.2, 0) is 4.79 Å². The van der Waals surface area contributed by atoms with Crippen LogP contribution in [0.25, 0.3) is 0 Å². The van der Waals surface area contributed by atoms with E-state index in [0.29, 0.717) is 22.7 Å². The van der Waals surface area contributed by atoms with Crippen molar-refractivity contribution in [3.8, 4) is 0 Å². The number of carbonyl (C=O) groups excluding carboxylic acids is 2. The van der Waals surface area contributed by atoms with Crippen LogP contribution in [0.4, 0.5) is 10.7 Å². The molecule has 7 heteroatoms. The summed E-state index contributed by atoms with van der Waals surface area (Å²) >= 11 is 1.34. The van der Waals surface area contributed by atoms with Crippen molar-refractivity contribution in [2.45, 2.75) is 27.2 Å².